The van der Waals surface area contributed by atoms with Crippen LogP contribution in [0, 0.1) is 0 Å². The average molecular weight is 152 g/mol. The van der Waals surface area contributed by atoms with E-state index in [1.807, 2.05) is 6.92 Å². The van der Waals surface area contributed by atoms with Crippen LogP contribution in [0.1, 0.15) is 13.3 Å². The first-order chi connectivity index (χ1) is 3.98. The highest BCUT2D eigenvalue weighted by molar-refractivity contribution is 7.88. The standard InChI is InChI=1S/C4H12N2O2S/c1-3-4-6(5)9(2,7)8/h3-5H2,1-2H3. The number of rotatable bonds is 3. The van der Waals surface area contributed by atoms with E-state index < -0.39 is 10.0 Å². The topological polar surface area (TPSA) is 63.4 Å². The van der Waals surface area contributed by atoms with E-state index in [2.05, 4.69) is 0 Å². The Morgan fingerprint density at radius 1 is 1.56 bits per heavy atom. The molecule has 0 aromatic carbocycles. The zero-order valence-corrected chi connectivity index (χ0v) is 6.48. The van der Waals surface area contributed by atoms with Gasteiger partial charge in [-0.1, -0.05) is 6.92 Å². The van der Waals surface area contributed by atoms with Gasteiger partial charge in [0.05, 0.1) is 6.26 Å². The minimum Gasteiger partial charge on any atom is -0.255 e. The summed E-state index contributed by atoms with van der Waals surface area (Å²) in [6, 6.07) is 0. The molecule has 0 atom stereocenters. The van der Waals surface area contributed by atoms with Crippen molar-refractivity contribution in [3.8, 4) is 0 Å². The van der Waals surface area contributed by atoms with Crippen LogP contribution in [0.2, 0.25) is 0 Å². The summed E-state index contributed by atoms with van der Waals surface area (Å²) < 4.78 is 21.9. The van der Waals surface area contributed by atoms with Gasteiger partial charge in [0.2, 0.25) is 10.0 Å². The molecule has 0 aromatic rings. The van der Waals surface area contributed by atoms with Crippen LogP contribution in [-0.4, -0.2) is 25.6 Å². The fourth-order valence-corrected chi connectivity index (χ4v) is 0.900. The summed E-state index contributed by atoms with van der Waals surface area (Å²) in [5, 5.41) is 0. The highest BCUT2D eigenvalue weighted by atomic mass is 32.2. The van der Waals surface area contributed by atoms with Gasteiger partial charge in [-0.2, -0.15) is 0 Å². The molecule has 0 bridgehead atoms. The van der Waals surface area contributed by atoms with Gasteiger partial charge in [0.25, 0.3) is 0 Å². The van der Waals surface area contributed by atoms with Gasteiger partial charge in [-0.05, 0) is 6.42 Å². The van der Waals surface area contributed by atoms with Crippen LogP contribution >= 0.6 is 0 Å². The van der Waals surface area contributed by atoms with Crippen molar-refractivity contribution in [2.45, 2.75) is 13.3 Å². The number of hydrogen-bond acceptors (Lipinski definition) is 3. The molecule has 0 spiro atoms. The van der Waals surface area contributed by atoms with Crippen LogP contribution in [-0.2, 0) is 10.0 Å². The van der Waals surface area contributed by atoms with Crippen LogP contribution in [0.25, 0.3) is 0 Å². The Morgan fingerprint density at radius 3 is 2.11 bits per heavy atom. The van der Waals surface area contributed by atoms with E-state index >= 15 is 0 Å². The van der Waals surface area contributed by atoms with Gasteiger partial charge >= 0.3 is 0 Å². The van der Waals surface area contributed by atoms with Crippen molar-refractivity contribution in [3.05, 3.63) is 0 Å². The summed E-state index contributed by atoms with van der Waals surface area (Å²) in [6.45, 7) is 2.25. The van der Waals surface area contributed by atoms with E-state index in [0.717, 1.165) is 17.1 Å². The van der Waals surface area contributed by atoms with Crippen molar-refractivity contribution >= 4 is 10.0 Å². The van der Waals surface area contributed by atoms with E-state index in [-0.39, 0.29) is 0 Å². The van der Waals surface area contributed by atoms with Gasteiger partial charge in [-0.3, -0.25) is 5.84 Å². The molecular weight excluding hydrogens is 140 g/mol. The molecule has 0 heterocycles. The number of nitrogens with two attached hydrogens (primary N) is 1. The predicted octanol–water partition coefficient (Wildman–Crippen LogP) is -0.468. The van der Waals surface area contributed by atoms with E-state index in [4.69, 9.17) is 5.84 Å². The normalized spacial score (nSPS) is 12.4. The molecule has 0 fully saturated rings. The summed E-state index contributed by atoms with van der Waals surface area (Å²) in [5.74, 6) is 5.11. The lowest BCUT2D eigenvalue weighted by Gasteiger charge is -2.10. The maximum Gasteiger partial charge on any atom is 0.223 e. The Bertz CT molecular complexity index is 163. The largest absolute Gasteiger partial charge is 0.255 e. The molecule has 0 radical (unpaired) electrons. The second-order valence-electron chi connectivity index (χ2n) is 1.87. The van der Waals surface area contributed by atoms with Gasteiger partial charge in [0.1, 0.15) is 0 Å². The minimum absolute atomic E-state index is 0.388. The number of hydrogen-bond donors (Lipinski definition) is 1. The smallest absolute Gasteiger partial charge is 0.223 e. The molecule has 0 aromatic heterocycles. The molecule has 0 aliphatic carbocycles. The first-order valence-electron chi connectivity index (χ1n) is 2.71. The highest BCUT2D eigenvalue weighted by Gasteiger charge is 2.08. The summed E-state index contributed by atoms with van der Waals surface area (Å²) in [5.41, 5.74) is 0. The number of hydrazine groups is 1. The Kier molecular flexibility index (Phi) is 3.10. The summed E-state index contributed by atoms with van der Waals surface area (Å²) in [6.07, 6.45) is 1.83. The molecule has 9 heavy (non-hydrogen) atoms. The molecule has 0 aliphatic rings. The maximum absolute atomic E-state index is 10.5. The van der Waals surface area contributed by atoms with Crippen LogP contribution in [0.3, 0.4) is 0 Å². The van der Waals surface area contributed by atoms with E-state index in [0.29, 0.717) is 6.54 Å². The van der Waals surface area contributed by atoms with Crippen molar-refractivity contribution in [1.82, 2.24) is 4.41 Å². The first kappa shape index (κ1) is 8.87. The molecule has 2 N–H and O–H groups in total. The van der Waals surface area contributed by atoms with Crippen LogP contribution in [0.15, 0.2) is 0 Å². The molecule has 5 heteroatoms. The minimum atomic E-state index is -3.15. The van der Waals surface area contributed by atoms with E-state index in [1.165, 1.54) is 0 Å². The first-order valence-corrected chi connectivity index (χ1v) is 4.55. The van der Waals surface area contributed by atoms with E-state index in [9.17, 15) is 8.42 Å². The number of sulfonamides is 1. The van der Waals surface area contributed by atoms with Crippen LogP contribution < -0.4 is 5.84 Å². The lowest BCUT2D eigenvalue weighted by molar-refractivity contribution is 0.430. The van der Waals surface area contributed by atoms with Gasteiger partial charge in [-0.25, -0.2) is 8.42 Å². The van der Waals surface area contributed by atoms with Crippen LogP contribution in [0.5, 0.6) is 0 Å². The molecule has 0 saturated carbocycles. The molecule has 0 saturated heterocycles. The second kappa shape index (κ2) is 3.14. The predicted molar refractivity (Wildman–Crippen MR) is 36.0 cm³/mol. The molecule has 0 unspecified atom stereocenters. The molecule has 0 amide bonds. The molecule has 0 aliphatic heterocycles. The maximum atomic E-state index is 10.5. The zero-order chi connectivity index (χ0) is 7.49. The zero-order valence-electron chi connectivity index (χ0n) is 5.66. The van der Waals surface area contributed by atoms with Crippen molar-refractivity contribution < 1.29 is 8.42 Å². The van der Waals surface area contributed by atoms with Crippen molar-refractivity contribution in [1.29, 1.82) is 0 Å². The molecular formula is C4H12N2O2S. The second-order valence-corrected chi connectivity index (χ2v) is 3.81. The third-order valence-corrected chi connectivity index (χ3v) is 1.90. The van der Waals surface area contributed by atoms with Crippen molar-refractivity contribution in [2.24, 2.45) is 5.84 Å². The SMILES string of the molecule is CCCN(N)S(C)(=O)=O. The summed E-state index contributed by atoms with van der Waals surface area (Å²) >= 11 is 0. The quantitative estimate of drug-likeness (QED) is 0.439. The van der Waals surface area contributed by atoms with Crippen molar-refractivity contribution in [2.75, 3.05) is 12.8 Å². The van der Waals surface area contributed by atoms with Gasteiger partial charge in [0, 0.05) is 6.54 Å². The third-order valence-electron chi connectivity index (χ3n) is 0.870. The Balaban J connectivity index is 3.90. The molecule has 4 nitrogen and oxygen atoms in total. The monoisotopic (exact) mass is 152 g/mol. The molecule has 0 rings (SSSR count). The highest BCUT2D eigenvalue weighted by Crippen LogP contribution is 1.89. The van der Waals surface area contributed by atoms with Gasteiger partial charge in [-0.15, -0.1) is 4.41 Å². The molecule has 56 valence electrons. The average Bonchev–Trinajstić information content (AvgIpc) is 1.64. The number of nitrogens with zero attached hydrogens (tertiary/aromatic N) is 1. The lowest BCUT2D eigenvalue weighted by Crippen LogP contribution is -2.36. The summed E-state index contributed by atoms with van der Waals surface area (Å²) in [4.78, 5) is 0. The fourth-order valence-electron chi connectivity index (χ4n) is 0.386. The van der Waals surface area contributed by atoms with E-state index in [1.54, 1.807) is 0 Å². The van der Waals surface area contributed by atoms with Crippen LogP contribution in [0.4, 0.5) is 0 Å². The Hall–Kier alpha value is -0.130. The summed E-state index contributed by atoms with van der Waals surface area (Å²) in [7, 11) is -3.15. The lowest BCUT2D eigenvalue weighted by atomic mass is 10.5. The van der Waals surface area contributed by atoms with Crippen molar-refractivity contribution in [3.63, 3.8) is 0 Å². The Morgan fingerprint density at radius 2 is 2.00 bits per heavy atom. The van der Waals surface area contributed by atoms with Gasteiger partial charge < -0.3 is 0 Å². The Labute approximate surface area is 55.7 Å². The van der Waals surface area contributed by atoms with Gasteiger partial charge in [0.15, 0.2) is 0 Å². The fraction of sp³-hybridized carbons (Fsp3) is 1.00. The third kappa shape index (κ3) is 3.45.